The van der Waals surface area contributed by atoms with Crippen LogP contribution in [0, 0.1) is 5.82 Å². The average molecular weight is 415 g/mol. The molecular weight excluding hydrogens is 393 g/mol. The normalized spacial score (nSPS) is 15.5. The fourth-order valence-electron chi connectivity index (χ4n) is 4.32. The van der Waals surface area contributed by atoms with E-state index >= 15 is 0 Å². The van der Waals surface area contributed by atoms with Gasteiger partial charge in [0, 0.05) is 28.8 Å². The molecule has 3 aromatic carbocycles. The van der Waals surface area contributed by atoms with Gasteiger partial charge < -0.3 is 19.9 Å². The summed E-state index contributed by atoms with van der Waals surface area (Å²) in [6.07, 6.45) is 0.743. The number of halogens is 1. The van der Waals surface area contributed by atoms with Gasteiger partial charge in [-0.2, -0.15) is 0 Å². The Balaban J connectivity index is 1.53. The summed E-state index contributed by atoms with van der Waals surface area (Å²) < 4.78 is 18.8. The smallest absolute Gasteiger partial charge is 0.322 e. The average Bonchev–Trinajstić information content (AvgIpc) is 3.18. The van der Waals surface area contributed by atoms with Crippen LogP contribution in [0.2, 0.25) is 0 Å². The number of aromatic amines is 1. The first-order valence-electron chi connectivity index (χ1n) is 10.2. The number of benzene rings is 3. The summed E-state index contributed by atoms with van der Waals surface area (Å²) >= 11 is 0. The maximum Gasteiger partial charge on any atom is 0.322 e. The Morgan fingerprint density at radius 2 is 1.81 bits per heavy atom. The molecule has 2 N–H and O–H groups in total. The first-order valence-corrected chi connectivity index (χ1v) is 10.2. The van der Waals surface area contributed by atoms with E-state index in [0.29, 0.717) is 12.2 Å². The molecule has 1 atom stereocenters. The summed E-state index contributed by atoms with van der Waals surface area (Å²) in [4.78, 5) is 18.6. The Hall–Kier alpha value is -3.80. The lowest BCUT2D eigenvalue weighted by Gasteiger charge is -2.36. The zero-order valence-electron chi connectivity index (χ0n) is 17.1. The van der Waals surface area contributed by atoms with Crippen molar-refractivity contribution in [2.75, 3.05) is 19.0 Å². The zero-order chi connectivity index (χ0) is 21.4. The molecule has 2 amide bonds. The maximum atomic E-state index is 13.6. The molecule has 0 spiro atoms. The molecule has 0 fully saturated rings. The fourth-order valence-corrected chi connectivity index (χ4v) is 4.32. The molecule has 5 rings (SSSR count). The third-order valence-corrected chi connectivity index (χ3v) is 5.82. The molecule has 156 valence electrons. The van der Waals surface area contributed by atoms with Gasteiger partial charge in [-0.1, -0.05) is 30.3 Å². The van der Waals surface area contributed by atoms with Crippen LogP contribution in [-0.4, -0.2) is 29.6 Å². The van der Waals surface area contributed by atoms with Crippen molar-refractivity contribution in [2.45, 2.75) is 12.5 Å². The standard InChI is InChI=1S/C25H22FN3O2/c1-31-19-12-10-18(11-13-19)27-25(30)29-15-14-21-20-4-2-3-5-22(20)28-23(21)24(29)16-6-8-17(26)9-7-16/h2-13,24,28H,14-15H2,1H3,(H,27,30)/t24-/m1/s1. The lowest BCUT2D eigenvalue weighted by atomic mass is 9.92. The number of nitrogens with zero attached hydrogens (tertiary/aromatic N) is 1. The summed E-state index contributed by atoms with van der Waals surface area (Å²) in [5, 5.41) is 4.15. The molecule has 1 aromatic heterocycles. The number of aromatic nitrogens is 1. The summed E-state index contributed by atoms with van der Waals surface area (Å²) in [7, 11) is 1.60. The van der Waals surface area contributed by atoms with E-state index in [0.717, 1.165) is 28.9 Å². The lowest BCUT2D eigenvalue weighted by Crippen LogP contribution is -2.43. The number of urea groups is 1. The molecular formula is C25H22FN3O2. The molecule has 4 aromatic rings. The zero-order valence-corrected chi connectivity index (χ0v) is 17.1. The molecule has 0 unspecified atom stereocenters. The third-order valence-electron chi connectivity index (χ3n) is 5.82. The second kappa shape index (κ2) is 7.80. The second-order valence-corrected chi connectivity index (χ2v) is 7.62. The quantitative estimate of drug-likeness (QED) is 0.465. The van der Waals surface area contributed by atoms with Gasteiger partial charge in [-0.25, -0.2) is 9.18 Å². The van der Waals surface area contributed by atoms with E-state index in [1.807, 2.05) is 30.3 Å². The van der Waals surface area contributed by atoms with Crippen molar-refractivity contribution in [1.82, 2.24) is 9.88 Å². The van der Waals surface area contributed by atoms with E-state index in [1.54, 1.807) is 36.3 Å². The Morgan fingerprint density at radius 3 is 2.55 bits per heavy atom. The lowest BCUT2D eigenvalue weighted by molar-refractivity contribution is 0.193. The van der Waals surface area contributed by atoms with Crippen molar-refractivity contribution in [3.8, 4) is 5.75 Å². The molecule has 0 saturated carbocycles. The number of para-hydroxylation sites is 1. The van der Waals surface area contributed by atoms with Crippen molar-refractivity contribution >= 4 is 22.6 Å². The first-order chi connectivity index (χ1) is 15.1. The first kappa shape index (κ1) is 19.2. The van der Waals surface area contributed by atoms with Gasteiger partial charge in [-0.3, -0.25) is 0 Å². The van der Waals surface area contributed by atoms with Gasteiger partial charge in [-0.15, -0.1) is 0 Å². The van der Waals surface area contributed by atoms with Crippen molar-refractivity contribution in [3.63, 3.8) is 0 Å². The predicted octanol–water partition coefficient (Wildman–Crippen LogP) is 5.50. The molecule has 2 heterocycles. The van der Waals surface area contributed by atoms with Crippen molar-refractivity contribution in [1.29, 1.82) is 0 Å². The van der Waals surface area contributed by atoms with E-state index in [1.165, 1.54) is 23.1 Å². The molecule has 0 radical (unpaired) electrons. The number of amides is 2. The highest BCUT2D eigenvalue weighted by Crippen LogP contribution is 2.38. The molecule has 0 bridgehead atoms. The highest BCUT2D eigenvalue weighted by atomic mass is 19.1. The number of methoxy groups -OCH3 is 1. The Bertz CT molecular complexity index is 1230. The van der Waals surface area contributed by atoms with Gasteiger partial charge in [0.15, 0.2) is 0 Å². The summed E-state index contributed by atoms with van der Waals surface area (Å²) in [5.74, 6) is 0.425. The van der Waals surface area contributed by atoms with Gasteiger partial charge in [0.05, 0.1) is 13.2 Å². The van der Waals surface area contributed by atoms with Gasteiger partial charge >= 0.3 is 6.03 Å². The minimum Gasteiger partial charge on any atom is -0.497 e. The summed E-state index contributed by atoms with van der Waals surface area (Å²) in [6, 6.07) is 21.2. The number of carbonyl (C=O) groups excluding carboxylic acids is 1. The number of nitrogens with one attached hydrogen (secondary N) is 2. The SMILES string of the molecule is COc1ccc(NC(=O)N2CCc3c([nH]c4ccccc34)[C@H]2c2ccc(F)cc2)cc1. The van der Waals surface area contributed by atoms with Crippen LogP contribution < -0.4 is 10.1 Å². The van der Waals surface area contributed by atoms with Crippen molar-refractivity contribution in [3.05, 3.63) is 95.4 Å². The number of rotatable bonds is 3. The van der Waals surface area contributed by atoms with Crippen LogP contribution in [-0.2, 0) is 6.42 Å². The molecule has 31 heavy (non-hydrogen) atoms. The van der Waals surface area contributed by atoms with E-state index in [-0.39, 0.29) is 17.9 Å². The number of carbonyl (C=O) groups is 1. The number of anilines is 1. The van der Waals surface area contributed by atoms with E-state index in [9.17, 15) is 9.18 Å². The Kier molecular flexibility index (Phi) is 4.82. The van der Waals surface area contributed by atoms with Crippen LogP contribution in [0.25, 0.3) is 10.9 Å². The van der Waals surface area contributed by atoms with Crippen LogP contribution in [0.5, 0.6) is 5.75 Å². The van der Waals surface area contributed by atoms with Crippen LogP contribution in [0.1, 0.15) is 22.9 Å². The fraction of sp³-hybridized carbons (Fsp3) is 0.160. The monoisotopic (exact) mass is 415 g/mol. The van der Waals surface area contributed by atoms with Crippen LogP contribution in [0.3, 0.4) is 0 Å². The minimum absolute atomic E-state index is 0.205. The number of hydrogen-bond donors (Lipinski definition) is 2. The van der Waals surface area contributed by atoms with E-state index < -0.39 is 0 Å². The molecule has 6 heteroatoms. The predicted molar refractivity (Wildman–Crippen MR) is 119 cm³/mol. The molecule has 1 aliphatic rings. The number of fused-ring (bicyclic) bond motifs is 3. The number of hydrogen-bond acceptors (Lipinski definition) is 2. The van der Waals surface area contributed by atoms with Crippen molar-refractivity contribution < 1.29 is 13.9 Å². The molecule has 0 saturated heterocycles. The summed E-state index contributed by atoms with van der Waals surface area (Å²) in [6.45, 7) is 0.554. The molecule has 1 aliphatic heterocycles. The van der Waals surface area contributed by atoms with Gasteiger partial charge in [0.1, 0.15) is 11.6 Å². The van der Waals surface area contributed by atoms with Gasteiger partial charge in [0.25, 0.3) is 0 Å². The van der Waals surface area contributed by atoms with Crippen molar-refractivity contribution in [2.24, 2.45) is 0 Å². The number of ether oxygens (including phenoxy) is 1. The number of H-pyrrole nitrogens is 1. The molecule has 0 aliphatic carbocycles. The highest BCUT2D eigenvalue weighted by molar-refractivity contribution is 5.91. The summed E-state index contributed by atoms with van der Waals surface area (Å²) in [5.41, 5.74) is 4.77. The topological polar surface area (TPSA) is 57.4 Å². The minimum atomic E-state index is -0.338. The second-order valence-electron chi connectivity index (χ2n) is 7.62. The third kappa shape index (κ3) is 3.50. The van der Waals surface area contributed by atoms with Gasteiger partial charge in [0.2, 0.25) is 0 Å². The largest absolute Gasteiger partial charge is 0.497 e. The van der Waals surface area contributed by atoms with Crippen LogP contribution >= 0.6 is 0 Å². The Morgan fingerprint density at radius 1 is 1.06 bits per heavy atom. The van der Waals surface area contributed by atoms with Gasteiger partial charge in [-0.05, 0) is 60.0 Å². The van der Waals surface area contributed by atoms with Crippen LogP contribution in [0.15, 0.2) is 72.8 Å². The highest BCUT2D eigenvalue weighted by Gasteiger charge is 2.34. The maximum absolute atomic E-state index is 13.6. The van der Waals surface area contributed by atoms with E-state index in [4.69, 9.17) is 4.74 Å². The van der Waals surface area contributed by atoms with Crippen LogP contribution in [0.4, 0.5) is 14.9 Å². The Labute approximate surface area is 179 Å². The molecule has 5 nitrogen and oxygen atoms in total. The van der Waals surface area contributed by atoms with E-state index in [2.05, 4.69) is 16.4 Å².